The number of rotatable bonds is 4. The zero-order valence-corrected chi connectivity index (χ0v) is 12.5. The molecule has 0 atom stereocenters. The molecule has 0 unspecified atom stereocenters. The predicted octanol–water partition coefficient (Wildman–Crippen LogP) is 2.58. The monoisotopic (exact) mass is 311 g/mol. The summed E-state index contributed by atoms with van der Waals surface area (Å²) in [7, 11) is -2.16. The number of aryl methyl sites for hydroxylation is 1. The van der Waals surface area contributed by atoms with Gasteiger partial charge in [0.15, 0.2) is 0 Å². The van der Waals surface area contributed by atoms with Crippen molar-refractivity contribution in [1.29, 1.82) is 0 Å². The average Bonchev–Trinajstić information content (AvgIpc) is 2.85. The third-order valence-electron chi connectivity index (χ3n) is 2.81. The second-order valence-electron chi connectivity index (χ2n) is 4.19. The summed E-state index contributed by atoms with van der Waals surface area (Å²) in [6.07, 6.45) is 0. The number of carboxylic acids is 1. The van der Waals surface area contributed by atoms with Gasteiger partial charge >= 0.3 is 5.97 Å². The highest BCUT2D eigenvalue weighted by Crippen LogP contribution is 2.27. The number of aromatic carboxylic acids is 1. The standard InChI is InChI=1S/C13H13NO4S2/c1-9-3-8-12(19-9)20(17,18)14(2)11-6-4-10(5-7-11)13(15)16/h3-8H,1-2H3,(H,15,16). The maximum atomic E-state index is 12.4. The molecule has 1 N–H and O–H groups in total. The minimum Gasteiger partial charge on any atom is -0.478 e. The zero-order chi connectivity index (χ0) is 14.9. The van der Waals surface area contributed by atoms with Crippen molar-refractivity contribution >= 4 is 33.0 Å². The first-order valence-corrected chi connectivity index (χ1v) is 7.97. The van der Waals surface area contributed by atoms with Gasteiger partial charge in [-0.05, 0) is 43.3 Å². The van der Waals surface area contributed by atoms with Crippen LogP contribution in [0.5, 0.6) is 0 Å². The van der Waals surface area contributed by atoms with Crippen LogP contribution in [0.15, 0.2) is 40.6 Å². The number of hydrogen-bond donors (Lipinski definition) is 1. The number of benzene rings is 1. The van der Waals surface area contributed by atoms with Crippen LogP contribution in [-0.4, -0.2) is 26.5 Å². The van der Waals surface area contributed by atoms with Crippen molar-refractivity contribution in [2.45, 2.75) is 11.1 Å². The Kier molecular flexibility index (Phi) is 3.82. The summed E-state index contributed by atoms with van der Waals surface area (Å²) < 4.78 is 26.2. The second-order valence-corrected chi connectivity index (χ2v) is 7.67. The maximum Gasteiger partial charge on any atom is 0.335 e. The van der Waals surface area contributed by atoms with E-state index in [9.17, 15) is 13.2 Å². The third-order valence-corrected chi connectivity index (χ3v) is 6.06. The van der Waals surface area contributed by atoms with E-state index >= 15 is 0 Å². The fourth-order valence-electron chi connectivity index (χ4n) is 1.64. The van der Waals surface area contributed by atoms with E-state index in [1.165, 1.54) is 42.6 Å². The van der Waals surface area contributed by atoms with Gasteiger partial charge in [0.2, 0.25) is 0 Å². The van der Waals surface area contributed by atoms with Gasteiger partial charge in [-0.2, -0.15) is 0 Å². The van der Waals surface area contributed by atoms with Crippen molar-refractivity contribution in [3.63, 3.8) is 0 Å². The quantitative estimate of drug-likeness (QED) is 0.941. The van der Waals surface area contributed by atoms with E-state index in [-0.39, 0.29) is 9.77 Å². The second kappa shape index (κ2) is 5.26. The molecule has 7 heteroatoms. The molecule has 106 valence electrons. The third kappa shape index (κ3) is 2.68. The van der Waals surface area contributed by atoms with Gasteiger partial charge in [0.05, 0.1) is 11.3 Å². The van der Waals surface area contributed by atoms with Gasteiger partial charge < -0.3 is 5.11 Å². The lowest BCUT2D eigenvalue weighted by molar-refractivity contribution is 0.0697. The number of carboxylic acid groups (broad SMARTS) is 1. The lowest BCUT2D eigenvalue weighted by Gasteiger charge is -2.18. The minimum atomic E-state index is -3.60. The van der Waals surface area contributed by atoms with Crippen LogP contribution in [0, 0.1) is 6.92 Å². The molecular weight excluding hydrogens is 298 g/mol. The highest BCUT2D eigenvalue weighted by molar-refractivity contribution is 7.94. The Morgan fingerprint density at radius 3 is 2.20 bits per heavy atom. The Labute approximate surface area is 121 Å². The molecule has 0 aliphatic carbocycles. The molecule has 20 heavy (non-hydrogen) atoms. The molecule has 0 amide bonds. The van der Waals surface area contributed by atoms with Gasteiger partial charge in [0.1, 0.15) is 4.21 Å². The highest BCUT2D eigenvalue weighted by Gasteiger charge is 2.23. The van der Waals surface area contributed by atoms with Gasteiger partial charge in [0, 0.05) is 11.9 Å². The fraction of sp³-hybridized carbons (Fsp3) is 0.154. The van der Waals surface area contributed by atoms with Crippen LogP contribution in [0.1, 0.15) is 15.2 Å². The van der Waals surface area contributed by atoms with Gasteiger partial charge in [-0.15, -0.1) is 11.3 Å². The normalized spacial score (nSPS) is 11.3. The Bertz CT molecular complexity index is 732. The first-order chi connectivity index (χ1) is 9.32. The molecular formula is C13H13NO4S2. The number of sulfonamides is 1. The van der Waals surface area contributed by atoms with Crippen molar-refractivity contribution in [3.8, 4) is 0 Å². The molecule has 0 aliphatic rings. The number of nitrogens with zero attached hydrogens (tertiary/aromatic N) is 1. The summed E-state index contributed by atoms with van der Waals surface area (Å²) in [6, 6.07) is 9.02. The molecule has 2 aromatic rings. The van der Waals surface area contributed by atoms with E-state index in [1.807, 2.05) is 6.92 Å². The van der Waals surface area contributed by atoms with Gasteiger partial charge in [-0.1, -0.05) is 0 Å². The van der Waals surface area contributed by atoms with Crippen molar-refractivity contribution in [2.75, 3.05) is 11.4 Å². The van der Waals surface area contributed by atoms with Gasteiger partial charge in [-0.25, -0.2) is 13.2 Å². The molecule has 0 radical (unpaired) electrons. The van der Waals surface area contributed by atoms with Crippen LogP contribution in [-0.2, 0) is 10.0 Å². The highest BCUT2D eigenvalue weighted by atomic mass is 32.2. The minimum absolute atomic E-state index is 0.117. The van der Waals surface area contributed by atoms with Crippen molar-refractivity contribution in [3.05, 3.63) is 46.8 Å². The van der Waals surface area contributed by atoms with Gasteiger partial charge in [0.25, 0.3) is 10.0 Å². The first kappa shape index (κ1) is 14.5. The summed E-state index contributed by atoms with van der Waals surface area (Å²) in [5.41, 5.74) is 0.535. The summed E-state index contributed by atoms with van der Waals surface area (Å²) in [4.78, 5) is 11.7. The summed E-state index contributed by atoms with van der Waals surface area (Å²) in [6.45, 7) is 1.84. The number of carbonyl (C=O) groups is 1. The van der Waals surface area contributed by atoms with Crippen molar-refractivity contribution in [1.82, 2.24) is 0 Å². The zero-order valence-electron chi connectivity index (χ0n) is 10.9. The molecule has 0 fully saturated rings. The molecule has 5 nitrogen and oxygen atoms in total. The lowest BCUT2D eigenvalue weighted by atomic mass is 10.2. The van der Waals surface area contributed by atoms with E-state index in [0.717, 1.165) is 9.18 Å². The average molecular weight is 311 g/mol. The topological polar surface area (TPSA) is 74.7 Å². The molecule has 0 saturated heterocycles. The predicted molar refractivity (Wildman–Crippen MR) is 78.0 cm³/mol. The summed E-state index contributed by atoms with van der Waals surface area (Å²) in [5, 5.41) is 8.82. The Morgan fingerprint density at radius 2 is 1.75 bits per heavy atom. The van der Waals surface area contributed by atoms with Crippen molar-refractivity contribution in [2.24, 2.45) is 0 Å². The Hall–Kier alpha value is -1.86. The van der Waals surface area contributed by atoms with Crippen molar-refractivity contribution < 1.29 is 18.3 Å². The molecule has 0 spiro atoms. The largest absolute Gasteiger partial charge is 0.478 e. The SMILES string of the molecule is Cc1ccc(S(=O)(=O)N(C)c2ccc(C(=O)O)cc2)s1. The molecule has 1 heterocycles. The molecule has 0 saturated carbocycles. The van der Waals surface area contributed by atoms with E-state index in [1.54, 1.807) is 12.1 Å². The van der Waals surface area contributed by atoms with E-state index in [4.69, 9.17) is 5.11 Å². The van der Waals surface area contributed by atoms with E-state index < -0.39 is 16.0 Å². The lowest BCUT2D eigenvalue weighted by Crippen LogP contribution is -2.25. The van der Waals surface area contributed by atoms with Crippen LogP contribution in [0.25, 0.3) is 0 Å². The van der Waals surface area contributed by atoms with Crippen LogP contribution >= 0.6 is 11.3 Å². The maximum absolute atomic E-state index is 12.4. The van der Waals surface area contributed by atoms with Crippen LogP contribution in [0.4, 0.5) is 5.69 Å². The fourth-order valence-corrected chi connectivity index (χ4v) is 4.29. The summed E-state index contributed by atoms with van der Waals surface area (Å²) >= 11 is 1.20. The first-order valence-electron chi connectivity index (χ1n) is 5.71. The number of hydrogen-bond acceptors (Lipinski definition) is 4. The Balaban J connectivity index is 2.35. The number of thiophene rings is 1. The van der Waals surface area contributed by atoms with Crippen LogP contribution in [0.3, 0.4) is 0 Å². The molecule has 1 aromatic carbocycles. The van der Waals surface area contributed by atoms with E-state index in [0.29, 0.717) is 5.69 Å². The van der Waals surface area contributed by atoms with Gasteiger partial charge in [-0.3, -0.25) is 4.31 Å². The Morgan fingerprint density at radius 1 is 1.15 bits per heavy atom. The van der Waals surface area contributed by atoms with Crippen LogP contribution in [0.2, 0.25) is 0 Å². The van der Waals surface area contributed by atoms with Crippen LogP contribution < -0.4 is 4.31 Å². The molecule has 1 aromatic heterocycles. The van der Waals surface area contributed by atoms with E-state index in [2.05, 4.69) is 0 Å². The number of anilines is 1. The smallest absolute Gasteiger partial charge is 0.335 e. The molecule has 2 rings (SSSR count). The molecule has 0 aliphatic heterocycles. The molecule has 0 bridgehead atoms. The summed E-state index contributed by atoms with van der Waals surface area (Å²) in [5.74, 6) is -1.05.